The van der Waals surface area contributed by atoms with Crippen molar-refractivity contribution < 1.29 is 9.53 Å². The first-order chi connectivity index (χ1) is 10.2. The minimum atomic E-state index is 0. The molecule has 0 aliphatic carbocycles. The summed E-state index contributed by atoms with van der Waals surface area (Å²) in [6.07, 6.45) is 6.51. The topological polar surface area (TPSA) is 68.2 Å². The Labute approximate surface area is 138 Å². The van der Waals surface area contributed by atoms with Gasteiger partial charge in [0.15, 0.2) is 0 Å². The highest BCUT2D eigenvalue weighted by Crippen LogP contribution is 2.22. The molecule has 7 heteroatoms. The lowest BCUT2D eigenvalue weighted by Crippen LogP contribution is -2.34. The van der Waals surface area contributed by atoms with Crippen molar-refractivity contribution in [3.8, 4) is 0 Å². The Morgan fingerprint density at radius 2 is 2.45 bits per heavy atom. The molecule has 0 bridgehead atoms. The van der Waals surface area contributed by atoms with Crippen molar-refractivity contribution in [3.63, 3.8) is 0 Å². The Balaban J connectivity index is 0.00000242. The number of nitrogens with zero attached hydrogens (tertiary/aromatic N) is 2. The zero-order valence-electron chi connectivity index (χ0n) is 13.4. The third kappa shape index (κ3) is 5.94. The number of methoxy groups -OCH3 is 1. The van der Waals surface area contributed by atoms with Crippen molar-refractivity contribution in [1.82, 2.24) is 15.1 Å². The Morgan fingerprint density at radius 1 is 1.64 bits per heavy atom. The smallest absolute Gasteiger partial charge is 0.224 e. The second-order valence-electron chi connectivity index (χ2n) is 5.82. The zero-order chi connectivity index (χ0) is 15.1. The zero-order valence-corrected chi connectivity index (χ0v) is 14.2. The van der Waals surface area contributed by atoms with Crippen LogP contribution in [0.2, 0.25) is 0 Å². The number of hydrogen-bond acceptors (Lipinski definition) is 4. The summed E-state index contributed by atoms with van der Waals surface area (Å²) in [4.78, 5) is 12.1. The first-order valence-corrected chi connectivity index (χ1v) is 7.71. The van der Waals surface area contributed by atoms with Gasteiger partial charge in [-0.2, -0.15) is 5.10 Å². The van der Waals surface area contributed by atoms with Crippen molar-refractivity contribution in [2.45, 2.75) is 32.7 Å². The lowest BCUT2D eigenvalue weighted by atomic mass is 9.85. The summed E-state index contributed by atoms with van der Waals surface area (Å²) < 4.78 is 6.77. The maximum atomic E-state index is 12.1. The molecule has 1 aromatic rings. The van der Waals surface area contributed by atoms with E-state index in [0.717, 1.165) is 18.8 Å². The van der Waals surface area contributed by atoms with Gasteiger partial charge in [-0.05, 0) is 37.8 Å². The molecule has 2 heterocycles. The summed E-state index contributed by atoms with van der Waals surface area (Å²) in [5.74, 6) is 1.08. The van der Waals surface area contributed by atoms with Crippen LogP contribution in [0.1, 0.15) is 26.2 Å². The van der Waals surface area contributed by atoms with E-state index in [1.165, 1.54) is 12.8 Å². The van der Waals surface area contributed by atoms with Crippen molar-refractivity contribution in [2.75, 3.05) is 32.1 Å². The molecule has 0 spiro atoms. The van der Waals surface area contributed by atoms with E-state index in [9.17, 15) is 4.79 Å². The number of carbonyl (C=O) groups excluding carboxylic acids is 1. The van der Waals surface area contributed by atoms with Crippen molar-refractivity contribution in [2.24, 2.45) is 11.8 Å². The molecule has 0 aromatic carbocycles. The second-order valence-corrected chi connectivity index (χ2v) is 5.82. The third-order valence-electron chi connectivity index (χ3n) is 4.09. The molecule has 2 rings (SSSR count). The minimum Gasteiger partial charge on any atom is -0.383 e. The normalized spacial score (nSPS) is 19.3. The number of aromatic nitrogens is 2. The van der Waals surface area contributed by atoms with Crippen LogP contribution in [0.4, 0.5) is 5.69 Å². The maximum absolute atomic E-state index is 12.1. The van der Waals surface area contributed by atoms with E-state index in [1.54, 1.807) is 18.0 Å². The Kier molecular flexibility index (Phi) is 8.45. The van der Waals surface area contributed by atoms with Crippen LogP contribution in [-0.2, 0) is 16.1 Å². The highest BCUT2D eigenvalue weighted by atomic mass is 35.5. The van der Waals surface area contributed by atoms with Gasteiger partial charge in [0, 0.05) is 19.7 Å². The molecule has 126 valence electrons. The predicted molar refractivity (Wildman–Crippen MR) is 89.4 cm³/mol. The van der Waals surface area contributed by atoms with Crippen molar-refractivity contribution in [3.05, 3.63) is 12.4 Å². The molecule has 1 aliphatic heterocycles. The standard InChI is InChI=1S/C15H26N4O2.ClH/c1-12(13-4-3-5-16-9-13)8-15(20)18-14-10-17-19(11-14)6-7-21-2;/h10-13,16H,3-9H2,1-2H3,(H,18,20);1H. The first-order valence-electron chi connectivity index (χ1n) is 7.71. The Bertz CT molecular complexity index is 447. The van der Waals surface area contributed by atoms with Crippen LogP contribution in [0.5, 0.6) is 0 Å². The van der Waals surface area contributed by atoms with E-state index >= 15 is 0 Å². The number of rotatable bonds is 7. The van der Waals surface area contributed by atoms with E-state index in [1.807, 2.05) is 6.20 Å². The predicted octanol–water partition coefficient (Wildman–Crippen LogP) is 1.92. The van der Waals surface area contributed by atoms with E-state index in [4.69, 9.17) is 4.74 Å². The van der Waals surface area contributed by atoms with Gasteiger partial charge in [0.1, 0.15) is 0 Å². The highest BCUT2D eigenvalue weighted by molar-refractivity contribution is 5.90. The van der Waals surface area contributed by atoms with Crippen molar-refractivity contribution in [1.29, 1.82) is 0 Å². The molecule has 1 fully saturated rings. The van der Waals surface area contributed by atoms with Gasteiger partial charge in [-0.3, -0.25) is 9.48 Å². The van der Waals surface area contributed by atoms with Crippen LogP contribution in [0.15, 0.2) is 12.4 Å². The van der Waals surface area contributed by atoms with E-state index in [-0.39, 0.29) is 18.3 Å². The van der Waals surface area contributed by atoms with Crippen molar-refractivity contribution >= 4 is 24.0 Å². The van der Waals surface area contributed by atoms with Crippen LogP contribution in [0.25, 0.3) is 0 Å². The van der Waals surface area contributed by atoms with Gasteiger partial charge in [0.25, 0.3) is 0 Å². The number of anilines is 1. The molecule has 2 atom stereocenters. The lowest BCUT2D eigenvalue weighted by Gasteiger charge is -2.27. The van der Waals surface area contributed by atoms with Gasteiger partial charge in [0.2, 0.25) is 5.91 Å². The van der Waals surface area contributed by atoms with Gasteiger partial charge in [-0.25, -0.2) is 0 Å². The fourth-order valence-corrected chi connectivity index (χ4v) is 2.77. The summed E-state index contributed by atoms with van der Waals surface area (Å²) in [6.45, 7) is 5.61. The number of piperidine rings is 1. The van der Waals surface area contributed by atoms with Gasteiger partial charge >= 0.3 is 0 Å². The fourth-order valence-electron chi connectivity index (χ4n) is 2.77. The molecule has 0 saturated carbocycles. The largest absolute Gasteiger partial charge is 0.383 e. The SMILES string of the molecule is COCCn1cc(NC(=O)CC(C)C2CCCNC2)cn1.Cl. The average molecular weight is 331 g/mol. The number of nitrogens with one attached hydrogen (secondary N) is 2. The molecule has 1 amide bonds. The van der Waals surface area contributed by atoms with Crippen LogP contribution >= 0.6 is 12.4 Å². The van der Waals surface area contributed by atoms with E-state index < -0.39 is 0 Å². The molecule has 22 heavy (non-hydrogen) atoms. The van der Waals surface area contributed by atoms with E-state index in [0.29, 0.717) is 31.4 Å². The molecule has 1 saturated heterocycles. The molecule has 1 aliphatic rings. The summed E-state index contributed by atoms with van der Waals surface area (Å²) in [5.41, 5.74) is 0.755. The second kappa shape index (κ2) is 9.82. The third-order valence-corrected chi connectivity index (χ3v) is 4.09. The van der Waals surface area contributed by atoms with Gasteiger partial charge in [-0.1, -0.05) is 6.92 Å². The Hall–Kier alpha value is -1.11. The summed E-state index contributed by atoms with van der Waals surface area (Å²) in [7, 11) is 1.66. The van der Waals surface area contributed by atoms with Crippen LogP contribution in [0.3, 0.4) is 0 Å². The van der Waals surface area contributed by atoms with Crippen LogP contribution in [0, 0.1) is 11.8 Å². The average Bonchev–Trinajstić information content (AvgIpc) is 2.93. The minimum absolute atomic E-state index is 0. The summed E-state index contributed by atoms with van der Waals surface area (Å²) >= 11 is 0. The number of amides is 1. The highest BCUT2D eigenvalue weighted by Gasteiger charge is 2.22. The number of carbonyl (C=O) groups is 1. The van der Waals surface area contributed by atoms with Crippen LogP contribution < -0.4 is 10.6 Å². The van der Waals surface area contributed by atoms with Gasteiger partial charge < -0.3 is 15.4 Å². The quantitative estimate of drug-likeness (QED) is 0.801. The maximum Gasteiger partial charge on any atom is 0.224 e. The number of hydrogen-bond donors (Lipinski definition) is 2. The Morgan fingerprint density at radius 3 is 3.14 bits per heavy atom. The molecule has 2 N–H and O–H groups in total. The molecular weight excluding hydrogens is 304 g/mol. The summed E-state index contributed by atoms with van der Waals surface area (Å²) in [5, 5.41) is 10.5. The fraction of sp³-hybridized carbons (Fsp3) is 0.733. The molecular formula is C15H27ClN4O2. The lowest BCUT2D eigenvalue weighted by molar-refractivity contribution is -0.117. The van der Waals surface area contributed by atoms with E-state index in [2.05, 4.69) is 22.7 Å². The van der Waals surface area contributed by atoms with Gasteiger partial charge in [0.05, 0.1) is 25.0 Å². The molecule has 2 unspecified atom stereocenters. The molecule has 0 radical (unpaired) electrons. The van der Waals surface area contributed by atoms with Crippen LogP contribution in [-0.4, -0.2) is 42.5 Å². The van der Waals surface area contributed by atoms with Gasteiger partial charge in [-0.15, -0.1) is 12.4 Å². The number of ether oxygens (including phenoxy) is 1. The molecule has 1 aromatic heterocycles. The number of halogens is 1. The first kappa shape index (κ1) is 18.9. The molecule has 6 nitrogen and oxygen atoms in total. The monoisotopic (exact) mass is 330 g/mol. The summed E-state index contributed by atoms with van der Waals surface area (Å²) in [6, 6.07) is 0.